The van der Waals surface area contributed by atoms with Crippen LogP contribution in [0.3, 0.4) is 0 Å². The van der Waals surface area contributed by atoms with E-state index in [4.69, 9.17) is 11.6 Å². The molecule has 0 bridgehead atoms. The zero-order chi connectivity index (χ0) is 15.9. The Morgan fingerprint density at radius 1 is 1.05 bits per heavy atom. The van der Waals surface area contributed by atoms with E-state index in [1.807, 2.05) is 6.92 Å². The predicted molar refractivity (Wildman–Crippen MR) is 86.3 cm³/mol. The summed E-state index contributed by atoms with van der Waals surface area (Å²) in [6.07, 6.45) is 0.832. The van der Waals surface area contributed by atoms with Crippen LogP contribution in [0.15, 0.2) is 42.5 Å². The molecule has 6 heteroatoms. The van der Waals surface area contributed by atoms with Gasteiger partial charge in [-0.15, -0.1) is 0 Å². The van der Waals surface area contributed by atoms with E-state index in [9.17, 15) is 9.59 Å². The van der Waals surface area contributed by atoms with Crippen LogP contribution in [0.4, 0.5) is 5.69 Å². The maximum absolute atomic E-state index is 12.2. The maximum Gasteiger partial charge on any atom is 0.274 e. The SMILES string of the molecule is CCCNC(=O)c1cccc(C(=O)Nc2ccccc2Cl)n1. The first-order valence-corrected chi connectivity index (χ1v) is 7.30. The number of rotatable bonds is 5. The molecule has 0 saturated heterocycles. The van der Waals surface area contributed by atoms with Gasteiger partial charge in [0.15, 0.2) is 0 Å². The van der Waals surface area contributed by atoms with Gasteiger partial charge in [0.25, 0.3) is 11.8 Å². The van der Waals surface area contributed by atoms with E-state index in [0.717, 1.165) is 6.42 Å². The highest BCUT2D eigenvalue weighted by Gasteiger charge is 2.13. The molecule has 1 aromatic carbocycles. The van der Waals surface area contributed by atoms with Crippen molar-refractivity contribution in [2.75, 3.05) is 11.9 Å². The summed E-state index contributed by atoms with van der Waals surface area (Å²) in [4.78, 5) is 28.1. The van der Waals surface area contributed by atoms with Gasteiger partial charge in [-0.1, -0.05) is 36.7 Å². The van der Waals surface area contributed by atoms with Gasteiger partial charge in [0.2, 0.25) is 0 Å². The molecule has 5 nitrogen and oxygen atoms in total. The Balaban J connectivity index is 2.13. The van der Waals surface area contributed by atoms with Gasteiger partial charge < -0.3 is 10.6 Å². The van der Waals surface area contributed by atoms with E-state index in [2.05, 4.69) is 15.6 Å². The second kappa shape index (κ2) is 7.56. The van der Waals surface area contributed by atoms with Crippen LogP contribution in [0, 0.1) is 0 Å². The minimum absolute atomic E-state index is 0.157. The second-order valence-electron chi connectivity index (χ2n) is 4.60. The average molecular weight is 318 g/mol. The Morgan fingerprint density at radius 3 is 2.41 bits per heavy atom. The smallest absolute Gasteiger partial charge is 0.274 e. The van der Waals surface area contributed by atoms with Gasteiger partial charge in [-0.25, -0.2) is 4.98 Å². The Morgan fingerprint density at radius 2 is 1.73 bits per heavy atom. The van der Waals surface area contributed by atoms with Gasteiger partial charge >= 0.3 is 0 Å². The summed E-state index contributed by atoms with van der Waals surface area (Å²) < 4.78 is 0. The lowest BCUT2D eigenvalue weighted by molar-refractivity contribution is 0.0948. The lowest BCUT2D eigenvalue weighted by atomic mass is 10.2. The number of pyridine rings is 1. The molecule has 0 aliphatic heterocycles. The molecule has 1 heterocycles. The van der Waals surface area contributed by atoms with Crippen LogP contribution >= 0.6 is 11.6 Å². The lowest BCUT2D eigenvalue weighted by Crippen LogP contribution is -2.26. The fraction of sp³-hybridized carbons (Fsp3) is 0.188. The molecule has 2 amide bonds. The predicted octanol–water partition coefficient (Wildman–Crippen LogP) is 3.13. The number of hydrogen-bond donors (Lipinski definition) is 2. The molecule has 2 N–H and O–H groups in total. The van der Waals surface area contributed by atoms with Crippen molar-refractivity contribution in [3.8, 4) is 0 Å². The van der Waals surface area contributed by atoms with Gasteiger partial charge in [0.1, 0.15) is 11.4 Å². The number of nitrogens with zero attached hydrogens (tertiary/aromatic N) is 1. The number of amides is 2. The van der Waals surface area contributed by atoms with Crippen LogP contribution in [-0.4, -0.2) is 23.3 Å². The minimum Gasteiger partial charge on any atom is -0.351 e. The standard InChI is InChI=1S/C16H16ClN3O2/c1-2-10-18-15(21)13-8-5-9-14(19-13)16(22)20-12-7-4-3-6-11(12)17/h3-9H,2,10H2,1H3,(H,18,21)(H,20,22). The number of benzene rings is 1. The van der Waals surface area contributed by atoms with E-state index in [1.165, 1.54) is 0 Å². The fourth-order valence-corrected chi connectivity index (χ4v) is 1.95. The number of nitrogens with one attached hydrogen (secondary N) is 2. The highest BCUT2D eigenvalue weighted by atomic mass is 35.5. The Kier molecular flexibility index (Phi) is 5.49. The van der Waals surface area contributed by atoms with E-state index >= 15 is 0 Å². The molecule has 0 aliphatic carbocycles. The number of carbonyl (C=O) groups is 2. The monoisotopic (exact) mass is 317 g/mol. The summed E-state index contributed by atoms with van der Waals surface area (Å²) in [5, 5.41) is 5.83. The molecule has 1 aromatic heterocycles. The van der Waals surface area contributed by atoms with E-state index in [0.29, 0.717) is 17.3 Å². The highest BCUT2D eigenvalue weighted by molar-refractivity contribution is 6.33. The van der Waals surface area contributed by atoms with Crippen molar-refractivity contribution in [3.05, 3.63) is 58.9 Å². The summed E-state index contributed by atoms with van der Waals surface area (Å²) in [7, 11) is 0. The maximum atomic E-state index is 12.2. The van der Waals surface area contributed by atoms with Gasteiger partial charge in [-0.3, -0.25) is 9.59 Å². The number of aromatic nitrogens is 1. The third kappa shape index (κ3) is 4.05. The summed E-state index contributed by atoms with van der Waals surface area (Å²) >= 11 is 6.00. The number of anilines is 1. The van der Waals surface area contributed by atoms with Crippen molar-refractivity contribution in [2.24, 2.45) is 0 Å². The average Bonchev–Trinajstić information content (AvgIpc) is 2.54. The number of para-hydroxylation sites is 1. The van der Waals surface area contributed by atoms with Gasteiger partial charge in [0.05, 0.1) is 10.7 Å². The van der Waals surface area contributed by atoms with Crippen LogP contribution < -0.4 is 10.6 Å². The first-order valence-electron chi connectivity index (χ1n) is 6.93. The van der Waals surface area contributed by atoms with Gasteiger partial charge in [-0.2, -0.15) is 0 Å². The van der Waals surface area contributed by atoms with E-state index in [1.54, 1.807) is 42.5 Å². The zero-order valence-corrected chi connectivity index (χ0v) is 12.9. The Bertz CT molecular complexity index is 689. The largest absolute Gasteiger partial charge is 0.351 e. The number of carbonyl (C=O) groups excluding carboxylic acids is 2. The van der Waals surface area contributed by atoms with Crippen molar-refractivity contribution in [2.45, 2.75) is 13.3 Å². The first kappa shape index (κ1) is 16.0. The number of halogens is 1. The quantitative estimate of drug-likeness (QED) is 0.890. The Hall–Kier alpha value is -2.40. The molecule has 0 atom stereocenters. The van der Waals surface area contributed by atoms with Crippen LogP contribution in [0.25, 0.3) is 0 Å². The van der Waals surface area contributed by atoms with Crippen LogP contribution in [-0.2, 0) is 0 Å². The van der Waals surface area contributed by atoms with E-state index < -0.39 is 5.91 Å². The molecular formula is C16H16ClN3O2. The van der Waals surface area contributed by atoms with E-state index in [-0.39, 0.29) is 17.3 Å². The Labute approximate surface area is 133 Å². The third-order valence-corrected chi connectivity index (χ3v) is 3.20. The molecule has 114 valence electrons. The molecule has 22 heavy (non-hydrogen) atoms. The highest BCUT2D eigenvalue weighted by Crippen LogP contribution is 2.20. The summed E-state index contributed by atoms with van der Waals surface area (Å²) in [6.45, 7) is 2.53. The van der Waals surface area contributed by atoms with Crippen LogP contribution in [0.5, 0.6) is 0 Å². The molecule has 0 radical (unpaired) electrons. The van der Waals surface area contributed by atoms with Crippen molar-refractivity contribution in [1.82, 2.24) is 10.3 Å². The second-order valence-corrected chi connectivity index (χ2v) is 5.01. The van der Waals surface area contributed by atoms with Crippen LogP contribution in [0.1, 0.15) is 34.3 Å². The molecule has 0 saturated carbocycles. The van der Waals surface area contributed by atoms with Gasteiger partial charge in [0, 0.05) is 6.54 Å². The molecule has 0 aliphatic rings. The zero-order valence-electron chi connectivity index (χ0n) is 12.1. The first-order chi connectivity index (χ1) is 10.6. The van der Waals surface area contributed by atoms with Crippen molar-refractivity contribution >= 4 is 29.1 Å². The van der Waals surface area contributed by atoms with Gasteiger partial charge in [-0.05, 0) is 30.7 Å². The molecular weight excluding hydrogens is 302 g/mol. The number of hydrogen-bond acceptors (Lipinski definition) is 3. The summed E-state index contributed by atoms with van der Waals surface area (Å²) in [5.74, 6) is -0.715. The fourth-order valence-electron chi connectivity index (χ4n) is 1.77. The van der Waals surface area contributed by atoms with Crippen molar-refractivity contribution in [3.63, 3.8) is 0 Å². The molecule has 0 fully saturated rings. The van der Waals surface area contributed by atoms with Crippen LogP contribution in [0.2, 0.25) is 5.02 Å². The third-order valence-electron chi connectivity index (χ3n) is 2.87. The van der Waals surface area contributed by atoms with Crippen molar-refractivity contribution in [1.29, 1.82) is 0 Å². The summed E-state index contributed by atoms with van der Waals surface area (Å²) in [6, 6.07) is 11.6. The molecule has 0 spiro atoms. The summed E-state index contributed by atoms with van der Waals surface area (Å²) in [5.41, 5.74) is 0.862. The lowest BCUT2D eigenvalue weighted by Gasteiger charge is -2.08. The van der Waals surface area contributed by atoms with Crippen molar-refractivity contribution < 1.29 is 9.59 Å². The minimum atomic E-state index is -0.418. The normalized spacial score (nSPS) is 10.1. The molecule has 2 aromatic rings. The topological polar surface area (TPSA) is 71.1 Å². The molecule has 0 unspecified atom stereocenters. The molecule has 2 rings (SSSR count).